The van der Waals surface area contributed by atoms with Gasteiger partial charge in [0.2, 0.25) is 11.9 Å². The number of hydrogen-bond donors (Lipinski definition) is 2. The molecule has 2 aromatic carbocycles. The average Bonchev–Trinajstić information content (AvgIpc) is 2.84. The fourth-order valence-corrected chi connectivity index (χ4v) is 5.26. The number of fused-ring (bicyclic) bond motifs is 1. The zero-order chi connectivity index (χ0) is 23.7. The van der Waals surface area contributed by atoms with E-state index in [-0.39, 0.29) is 16.9 Å². The van der Waals surface area contributed by atoms with Crippen molar-refractivity contribution >= 4 is 29.3 Å². The van der Waals surface area contributed by atoms with Crippen molar-refractivity contribution < 1.29 is 4.79 Å². The maximum Gasteiger partial charge on any atom is 0.258 e. The van der Waals surface area contributed by atoms with E-state index < -0.39 is 17.7 Å². The molecule has 1 saturated heterocycles. The zero-order valence-electron chi connectivity index (χ0n) is 18.5. The van der Waals surface area contributed by atoms with E-state index in [0.29, 0.717) is 22.5 Å². The van der Waals surface area contributed by atoms with Crippen LogP contribution in [0.25, 0.3) is 0 Å². The topological polar surface area (TPSA) is 102 Å². The van der Waals surface area contributed by atoms with Crippen molar-refractivity contribution in [2.45, 2.75) is 25.2 Å². The molecule has 2 aliphatic rings. The summed E-state index contributed by atoms with van der Waals surface area (Å²) in [6.07, 6.45) is 3.01. The highest BCUT2D eigenvalue weighted by molar-refractivity contribution is 6.31. The van der Waals surface area contributed by atoms with Crippen molar-refractivity contribution in [2.75, 3.05) is 23.3 Å². The Balaban J connectivity index is 1.42. The van der Waals surface area contributed by atoms with Crippen LogP contribution in [-0.2, 0) is 11.2 Å². The number of piperidine rings is 1. The quantitative estimate of drug-likeness (QED) is 0.593. The van der Waals surface area contributed by atoms with Crippen molar-refractivity contribution in [3.63, 3.8) is 0 Å². The standard InChI is InChI=1S/C26H24ClN5O2/c27-20-9-5-4-8-18(20)21-19(15-28)24(33)29-23-22(21)25(34)31-26(30-23)32-12-10-17(11-13-32)14-16-6-2-1-3-7-16/h1-9,17,19,21H,10-14H2,(H2,29,30,31,33,34). The second kappa shape index (κ2) is 9.32. The Kier molecular flexibility index (Phi) is 6.08. The van der Waals surface area contributed by atoms with Gasteiger partial charge in [-0.3, -0.25) is 14.6 Å². The van der Waals surface area contributed by atoms with E-state index in [1.165, 1.54) is 5.56 Å². The van der Waals surface area contributed by atoms with Crippen LogP contribution in [0.2, 0.25) is 5.02 Å². The lowest BCUT2D eigenvalue weighted by atomic mass is 9.79. The molecular formula is C26H24ClN5O2. The molecule has 0 aliphatic carbocycles. The summed E-state index contributed by atoms with van der Waals surface area (Å²) >= 11 is 6.39. The molecule has 1 aromatic heterocycles. The highest BCUT2D eigenvalue weighted by Gasteiger charge is 2.41. The lowest BCUT2D eigenvalue weighted by molar-refractivity contribution is -0.119. The van der Waals surface area contributed by atoms with Crippen molar-refractivity contribution in [2.24, 2.45) is 11.8 Å². The minimum absolute atomic E-state index is 0.201. The normalized spacial score (nSPS) is 20.4. The van der Waals surface area contributed by atoms with Crippen LogP contribution in [0.5, 0.6) is 0 Å². The molecule has 5 rings (SSSR count). The van der Waals surface area contributed by atoms with Gasteiger partial charge >= 0.3 is 0 Å². The van der Waals surface area contributed by atoms with Gasteiger partial charge in [0.1, 0.15) is 11.7 Å². The lowest BCUT2D eigenvalue weighted by Gasteiger charge is -2.34. The maximum absolute atomic E-state index is 13.3. The number of rotatable bonds is 4. The van der Waals surface area contributed by atoms with Gasteiger partial charge in [-0.25, -0.2) is 0 Å². The van der Waals surface area contributed by atoms with Crippen LogP contribution in [-0.4, -0.2) is 29.0 Å². The van der Waals surface area contributed by atoms with Gasteiger partial charge in [0.05, 0.1) is 11.6 Å². The molecule has 7 nitrogen and oxygen atoms in total. The van der Waals surface area contributed by atoms with Crippen LogP contribution in [0.3, 0.4) is 0 Å². The lowest BCUT2D eigenvalue weighted by Crippen LogP contribution is -2.41. The van der Waals surface area contributed by atoms with E-state index in [1.54, 1.807) is 24.3 Å². The third kappa shape index (κ3) is 4.17. The van der Waals surface area contributed by atoms with Crippen molar-refractivity contribution in [1.82, 2.24) is 9.97 Å². The van der Waals surface area contributed by atoms with Crippen LogP contribution >= 0.6 is 11.6 Å². The summed E-state index contributed by atoms with van der Waals surface area (Å²) in [5.41, 5.74) is 1.80. The summed E-state index contributed by atoms with van der Waals surface area (Å²) in [6.45, 7) is 1.53. The third-order valence-electron chi connectivity index (χ3n) is 6.77. The highest BCUT2D eigenvalue weighted by atomic mass is 35.5. The van der Waals surface area contributed by atoms with Crippen LogP contribution in [0, 0.1) is 23.2 Å². The van der Waals surface area contributed by atoms with Crippen molar-refractivity contribution in [1.29, 1.82) is 5.26 Å². The van der Waals surface area contributed by atoms with Gasteiger partial charge in [-0.15, -0.1) is 0 Å². The number of H-pyrrole nitrogens is 1. The van der Waals surface area contributed by atoms with Gasteiger partial charge in [-0.2, -0.15) is 10.2 Å². The van der Waals surface area contributed by atoms with Crippen LogP contribution in [0.15, 0.2) is 59.4 Å². The molecule has 2 aliphatic heterocycles. The zero-order valence-corrected chi connectivity index (χ0v) is 19.3. The van der Waals surface area contributed by atoms with E-state index in [9.17, 15) is 14.9 Å². The Hall–Kier alpha value is -3.63. The number of aromatic nitrogens is 2. The predicted octanol–water partition coefficient (Wildman–Crippen LogP) is 4.11. The molecule has 0 radical (unpaired) electrons. The first kappa shape index (κ1) is 22.2. The smallest absolute Gasteiger partial charge is 0.258 e. The van der Waals surface area contributed by atoms with E-state index in [1.807, 2.05) is 12.1 Å². The fraction of sp³-hybridized carbons (Fsp3) is 0.308. The van der Waals surface area contributed by atoms with E-state index in [0.717, 1.165) is 32.4 Å². The average molecular weight is 474 g/mol. The molecule has 3 aromatic rings. The molecule has 34 heavy (non-hydrogen) atoms. The minimum atomic E-state index is -1.07. The molecule has 0 spiro atoms. The maximum atomic E-state index is 13.3. The van der Waals surface area contributed by atoms with Crippen molar-refractivity contribution in [3.05, 3.63) is 86.7 Å². The Morgan fingerprint density at radius 1 is 1.06 bits per heavy atom. The fourth-order valence-electron chi connectivity index (χ4n) is 5.01. The number of carbonyl (C=O) groups is 1. The number of nitrogens with zero attached hydrogens (tertiary/aromatic N) is 3. The van der Waals surface area contributed by atoms with Gasteiger partial charge in [0.25, 0.3) is 5.56 Å². The molecule has 2 N–H and O–H groups in total. The third-order valence-corrected chi connectivity index (χ3v) is 7.12. The summed E-state index contributed by atoms with van der Waals surface area (Å²) < 4.78 is 0. The summed E-state index contributed by atoms with van der Waals surface area (Å²) in [5.74, 6) is -1.13. The highest BCUT2D eigenvalue weighted by Crippen LogP contribution is 2.40. The number of carbonyl (C=O) groups excluding carboxylic acids is 1. The second-order valence-corrected chi connectivity index (χ2v) is 9.27. The number of nitriles is 1. The number of anilines is 2. The first-order chi connectivity index (χ1) is 16.5. The first-order valence-electron chi connectivity index (χ1n) is 11.4. The van der Waals surface area contributed by atoms with Crippen LogP contribution < -0.4 is 15.8 Å². The molecule has 0 saturated carbocycles. The van der Waals surface area contributed by atoms with E-state index in [2.05, 4.69) is 44.5 Å². The molecule has 0 bridgehead atoms. The number of halogens is 1. The summed E-state index contributed by atoms with van der Waals surface area (Å²) in [6, 6.07) is 19.5. The minimum Gasteiger partial charge on any atom is -0.342 e. The number of amides is 1. The van der Waals surface area contributed by atoms with Gasteiger partial charge < -0.3 is 10.2 Å². The molecule has 1 fully saturated rings. The summed E-state index contributed by atoms with van der Waals surface area (Å²) in [5, 5.41) is 12.8. The monoisotopic (exact) mass is 473 g/mol. The Morgan fingerprint density at radius 3 is 2.47 bits per heavy atom. The molecule has 2 unspecified atom stereocenters. The molecule has 172 valence electrons. The van der Waals surface area contributed by atoms with E-state index >= 15 is 0 Å². The summed E-state index contributed by atoms with van der Waals surface area (Å²) in [7, 11) is 0. The SMILES string of the molecule is N#CC1C(=O)Nc2nc(N3CCC(Cc4ccccc4)CC3)[nH]c(=O)c2C1c1ccccc1Cl. The largest absolute Gasteiger partial charge is 0.342 e. The Bertz CT molecular complexity index is 1310. The number of aromatic amines is 1. The molecular weight excluding hydrogens is 450 g/mol. The number of hydrogen-bond acceptors (Lipinski definition) is 5. The first-order valence-corrected chi connectivity index (χ1v) is 11.8. The number of benzene rings is 2. The van der Waals surface area contributed by atoms with E-state index in [4.69, 9.17) is 11.6 Å². The van der Waals surface area contributed by atoms with Crippen LogP contribution in [0.4, 0.5) is 11.8 Å². The van der Waals surface area contributed by atoms with Gasteiger partial charge in [-0.05, 0) is 42.4 Å². The molecule has 1 amide bonds. The van der Waals surface area contributed by atoms with Crippen molar-refractivity contribution in [3.8, 4) is 6.07 Å². The van der Waals surface area contributed by atoms with Gasteiger partial charge in [0.15, 0.2) is 0 Å². The second-order valence-electron chi connectivity index (χ2n) is 8.87. The Labute approximate surface area is 202 Å². The van der Waals surface area contributed by atoms with Gasteiger partial charge in [-0.1, -0.05) is 60.1 Å². The number of nitrogens with one attached hydrogen (secondary N) is 2. The van der Waals surface area contributed by atoms with Crippen LogP contribution in [0.1, 0.15) is 35.4 Å². The Morgan fingerprint density at radius 2 is 1.76 bits per heavy atom. The molecule has 2 atom stereocenters. The van der Waals surface area contributed by atoms with Gasteiger partial charge in [0, 0.05) is 24.0 Å². The molecule has 8 heteroatoms. The molecule has 3 heterocycles. The predicted molar refractivity (Wildman–Crippen MR) is 131 cm³/mol. The summed E-state index contributed by atoms with van der Waals surface area (Å²) in [4.78, 5) is 35.6.